The molecule has 0 saturated carbocycles. The minimum Gasteiger partial charge on any atom is -0.439 e. The number of aromatic nitrogens is 1. The van der Waals surface area contributed by atoms with E-state index >= 15 is 0 Å². The van der Waals surface area contributed by atoms with Crippen LogP contribution in [0.4, 0.5) is 5.69 Å². The number of oxazole rings is 1. The molecule has 1 aromatic heterocycles. The fourth-order valence-electron chi connectivity index (χ4n) is 1.64. The first kappa shape index (κ1) is 14.2. The highest BCUT2D eigenvalue weighted by Crippen LogP contribution is 2.24. The molecule has 2 aromatic rings. The molecule has 0 aliphatic carbocycles. The summed E-state index contributed by atoms with van der Waals surface area (Å²) in [7, 11) is 0. The van der Waals surface area contributed by atoms with Gasteiger partial charge in [0, 0.05) is 23.2 Å². The van der Waals surface area contributed by atoms with Crippen molar-refractivity contribution < 1.29 is 9.34 Å². The first-order valence-electron chi connectivity index (χ1n) is 6.30. The van der Waals surface area contributed by atoms with E-state index in [1.54, 1.807) is 18.3 Å². The van der Waals surface area contributed by atoms with Crippen molar-refractivity contribution in [2.24, 2.45) is 0 Å². The zero-order chi connectivity index (χ0) is 14.8. The van der Waals surface area contributed by atoms with Crippen molar-refractivity contribution in [3.8, 4) is 11.3 Å². The van der Waals surface area contributed by atoms with Crippen molar-refractivity contribution in [2.75, 3.05) is 0 Å². The maximum absolute atomic E-state index is 10.8. The number of nitro groups is 1. The Balaban J connectivity index is 2.16. The number of nitro benzene ring substituents is 1. The third-order valence-corrected chi connectivity index (χ3v) is 2.66. The highest BCUT2D eigenvalue weighted by atomic mass is 16.6. The Morgan fingerprint density at radius 3 is 2.80 bits per heavy atom. The highest BCUT2D eigenvalue weighted by molar-refractivity contribution is 5.60. The Kier molecular flexibility index (Phi) is 3.85. The van der Waals surface area contributed by atoms with E-state index in [0.717, 1.165) is 0 Å². The first-order valence-corrected chi connectivity index (χ1v) is 6.30. The molecule has 0 fully saturated rings. The maximum atomic E-state index is 10.8. The van der Waals surface area contributed by atoms with Crippen LogP contribution < -0.4 is 5.32 Å². The molecule has 0 aliphatic rings. The summed E-state index contributed by atoms with van der Waals surface area (Å²) in [5, 5.41) is 14.0. The fourth-order valence-corrected chi connectivity index (χ4v) is 1.64. The predicted molar refractivity (Wildman–Crippen MR) is 75.2 cm³/mol. The minimum atomic E-state index is -0.429. The van der Waals surface area contributed by atoms with E-state index in [9.17, 15) is 10.1 Å². The van der Waals surface area contributed by atoms with E-state index in [0.29, 0.717) is 23.8 Å². The standard InChI is InChI=1S/C14H17N3O3/c1-14(2,3)16-9-13-15-8-12(20-13)10-5-4-6-11(7-10)17(18)19/h4-8,16H,9H2,1-3H3. The van der Waals surface area contributed by atoms with Crippen LogP contribution in [0.1, 0.15) is 26.7 Å². The van der Waals surface area contributed by atoms with E-state index in [-0.39, 0.29) is 11.2 Å². The van der Waals surface area contributed by atoms with E-state index in [4.69, 9.17) is 4.42 Å². The molecule has 1 N–H and O–H groups in total. The van der Waals surface area contributed by atoms with Gasteiger partial charge in [0.15, 0.2) is 5.76 Å². The fraction of sp³-hybridized carbons (Fsp3) is 0.357. The molecule has 106 valence electrons. The molecule has 2 rings (SSSR count). The second-order valence-electron chi connectivity index (χ2n) is 5.53. The van der Waals surface area contributed by atoms with Crippen LogP contribution in [0.5, 0.6) is 0 Å². The number of hydrogen-bond donors (Lipinski definition) is 1. The van der Waals surface area contributed by atoms with Crippen molar-refractivity contribution in [1.82, 2.24) is 10.3 Å². The lowest BCUT2D eigenvalue weighted by Gasteiger charge is -2.18. The van der Waals surface area contributed by atoms with Gasteiger partial charge in [-0.3, -0.25) is 10.1 Å². The van der Waals surface area contributed by atoms with Gasteiger partial charge in [-0.1, -0.05) is 12.1 Å². The lowest BCUT2D eigenvalue weighted by Crippen LogP contribution is -2.35. The quantitative estimate of drug-likeness (QED) is 0.684. The number of rotatable bonds is 4. The van der Waals surface area contributed by atoms with Gasteiger partial charge >= 0.3 is 0 Å². The average molecular weight is 275 g/mol. The topological polar surface area (TPSA) is 81.2 Å². The number of nitrogens with one attached hydrogen (secondary N) is 1. The Labute approximate surface area is 117 Å². The van der Waals surface area contributed by atoms with Gasteiger partial charge in [0.1, 0.15) is 0 Å². The molecule has 0 atom stereocenters. The summed E-state index contributed by atoms with van der Waals surface area (Å²) < 4.78 is 5.60. The molecule has 0 saturated heterocycles. The summed E-state index contributed by atoms with van der Waals surface area (Å²) >= 11 is 0. The van der Waals surface area contributed by atoms with Gasteiger partial charge in [0.25, 0.3) is 5.69 Å². The minimum absolute atomic E-state index is 0.0276. The van der Waals surface area contributed by atoms with E-state index in [1.165, 1.54) is 12.1 Å². The third kappa shape index (κ3) is 3.64. The van der Waals surface area contributed by atoms with Crippen LogP contribution in [0.25, 0.3) is 11.3 Å². The van der Waals surface area contributed by atoms with Crippen LogP contribution in [0.2, 0.25) is 0 Å². The SMILES string of the molecule is CC(C)(C)NCc1ncc(-c2cccc([N+](=O)[O-])c2)o1. The average Bonchev–Trinajstić information content (AvgIpc) is 2.84. The van der Waals surface area contributed by atoms with Gasteiger partial charge < -0.3 is 9.73 Å². The molecule has 0 amide bonds. The zero-order valence-corrected chi connectivity index (χ0v) is 11.7. The highest BCUT2D eigenvalue weighted by Gasteiger charge is 2.13. The van der Waals surface area contributed by atoms with Gasteiger partial charge in [0.05, 0.1) is 17.7 Å². The number of benzene rings is 1. The smallest absolute Gasteiger partial charge is 0.270 e. The van der Waals surface area contributed by atoms with Crippen molar-refractivity contribution in [3.63, 3.8) is 0 Å². The predicted octanol–water partition coefficient (Wildman–Crippen LogP) is 3.14. The summed E-state index contributed by atoms with van der Waals surface area (Å²) in [5.41, 5.74) is 0.655. The second kappa shape index (κ2) is 5.42. The van der Waals surface area contributed by atoms with Crippen molar-refractivity contribution in [2.45, 2.75) is 32.9 Å². The number of nitrogens with zero attached hydrogens (tertiary/aromatic N) is 2. The van der Waals surface area contributed by atoms with Crippen LogP contribution in [-0.4, -0.2) is 15.4 Å². The van der Waals surface area contributed by atoms with Crippen LogP contribution in [-0.2, 0) is 6.54 Å². The Morgan fingerprint density at radius 1 is 1.40 bits per heavy atom. The summed E-state index contributed by atoms with van der Waals surface area (Å²) in [6.07, 6.45) is 1.58. The molecule has 0 radical (unpaired) electrons. The van der Waals surface area contributed by atoms with Crippen LogP contribution in [0.3, 0.4) is 0 Å². The van der Waals surface area contributed by atoms with Crippen LogP contribution in [0, 0.1) is 10.1 Å². The monoisotopic (exact) mass is 275 g/mol. The molecular weight excluding hydrogens is 258 g/mol. The summed E-state index contributed by atoms with van der Waals surface area (Å²) in [6.45, 7) is 6.67. The molecular formula is C14H17N3O3. The lowest BCUT2D eigenvalue weighted by molar-refractivity contribution is -0.384. The van der Waals surface area contributed by atoms with E-state index in [1.807, 2.05) is 0 Å². The zero-order valence-electron chi connectivity index (χ0n) is 11.7. The van der Waals surface area contributed by atoms with Gasteiger partial charge in [-0.2, -0.15) is 0 Å². The van der Waals surface area contributed by atoms with E-state index in [2.05, 4.69) is 31.1 Å². The third-order valence-electron chi connectivity index (χ3n) is 2.66. The Hall–Kier alpha value is -2.21. The largest absolute Gasteiger partial charge is 0.439 e. The molecule has 0 aliphatic heterocycles. The van der Waals surface area contributed by atoms with Crippen molar-refractivity contribution in [3.05, 3.63) is 46.5 Å². The van der Waals surface area contributed by atoms with Gasteiger partial charge in [0.2, 0.25) is 5.89 Å². The van der Waals surface area contributed by atoms with Gasteiger partial charge in [-0.25, -0.2) is 4.98 Å². The van der Waals surface area contributed by atoms with Crippen LogP contribution in [0.15, 0.2) is 34.9 Å². The summed E-state index contributed by atoms with van der Waals surface area (Å²) in [5.74, 6) is 1.08. The molecule has 1 heterocycles. The van der Waals surface area contributed by atoms with Crippen molar-refractivity contribution in [1.29, 1.82) is 0 Å². The Bertz CT molecular complexity index is 614. The molecule has 0 unspecified atom stereocenters. The van der Waals surface area contributed by atoms with Gasteiger partial charge in [-0.05, 0) is 20.8 Å². The van der Waals surface area contributed by atoms with E-state index < -0.39 is 4.92 Å². The molecule has 1 aromatic carbocycles. The molecule has 0 bridgehead atoms. The normalized spacial score (nSPS) is 11.6. The second-order valence-corrected chi connectivity index (χ2v) is 5.53. The first-order chi connectivity index (χ1) is 9.35. The molecule has 6 nitrogen and oxygen atoms in total. The molecule has 20 heavy (non-hydrogen) atoms. The number of non-ortho nitro benzene ring substituents is 1. The summed E-state index contributed by atoms with van der Waals surface area (Å²) in [4.78, 5) is 14.5. The van der Waals surface area contributed by atoms with Gasteiger partial charge in [-0.15, -0.1) is 0 Å². The number of hydrogen-bond acceptors (Lipinski definition) is 5. The maximum Gasteiger partial charge on any atom is 0.270 e. The van der Waals surface area contributed by atoms with Crippen molar-refractivity contribution >= 4 is 5.69 Å². The summed E-state index contributed by atoms with van der Waals surface area (Å²) in [6, 6.07) is 6.31. The Morgan fingerprint density at radius 2 is 2.15 bits per heavy atom. The molecule has 0 spiro atoms. The lowest BCUT2D eigenvalue weighted by atomic mass is 10.1. The van der Waals surface area contributed by atoms with Crippen LogP contribution >= 0.6 is 0 Å². The molecule has 6 heteroatoms.